The first-order chi connectivity index (χ1) is 7.00. The van der Waals surface area contributed by atoms with Gasteiger partial charge in [-0.1, -0.05) is 11.6 Å². The maximum absolute atomic E-state index is 12.9. The first-order valence-electron chi connectivity index (χ1n) is 3.64. The Labute approximate surface area is 86.4 Å². The van der Waals surface area contributed by atoms with Gasteiger partial charge in [-0.2, -0.15) is 0 Å². The Morgan fingerprint density at radius 2 is 1.20 bits per heavy atom. The van der Waals surface area contributed by atoms with Gasteiger partial charge in [0.2, 0.25) is 5.82 Å². The zero-order valence-corrected chi connectivity index (χ0v) is 7.85. The summed E-state index contributed by atoms with van der Waals surface area (Å²) in [5.41, 5.74) is -1.04. The standard InChI is InChI=1S/C8H4ClF5O/c9-2-15-1-3-4(10)6(12)8(14)7(13)5(3)11/h1-2H2. The SMILES string of the molecule is Fc1c(F)c(F)c(COCCl)c(F)c1F. The van der Waals surface area contributed by atoms with Crippen molar-refractivity contribution in [3.05, 3.63) is 34.6 Å². The summed E-state index contributed by atoms with van der Waals surface area (Å²) in [4.78, 5) is 0. The van der Waals surface area contributed by atoms with Crippen molar-refractivity contribution in [1.82, 2.24) is 0 Å². The lowest BCUT2D eigenvalue weighted by Gasteiger charge is -2.07. The maximum atomic E-state index is 12.9. The molecular weight excluding hydrogens is 243 g/mol. The van der Waals surface area contributed by atoms with E-state index in [0.29, 0.717) is 0 Å². The zero-order chi connectivity index (χ0) is 11.6. The molecule has 0 saturated heterocycles. The van der Waals surface area contributed by atoms with Crippen LogP contribution in [0.3, 0.4) is 0 Å². The fraction of sp³-hybridized carbons (Fsp3) is 0.250. The Balaban J connectivity index is 3.26. The number of benzene rings is 1. The highest BCUT2D eigenvalue weighted by Crippen LogP contribution is 2.23. The van der Waals surface area contributed by atoms with Gasteiger partial charge in [0.1, 0.15) is 6.07 Å². The molecule has 1 aromatic carbocycles. The maximum Gasteiger partial charge on any atom is 0.200 e. The second kappa shape index (κ2) is 4.76. The summed E-state index contributed by atoms with van der Waals surface area (Å²) in [6, 6.07) is -0.417. The number of alkyl halides is 1. The van der Waals surface area contributed by atoms with Gasteiger partial charge in [-0.15, -0.1) is 0 Å². The summed E-state index contributed by atoms with van der Waals surface area (Å²) >= 11 is 5.04. The predicted octanol–water partition coefficient (Wildman–Crippen LogP) is 3.10. The van der Waals surface area contributed by atoms with E-state index in [2.05, 4.69) is 4.74 Å². The van der Waals surface area contributed by atoms with E-state index in [9.17, 15) is 22.0 Å². The van der Waals surface area contributed by atoms with E-state index >= 15 is 0 Å². The Morgan fingerprint density at radius 3 is 1.60 bits per heavy atom. The normalized spacial score (nSPS) is 10.8. The second-order valence-corrected chi connectivity index (χ2v) is 2.72. The molecule has 0 saturated carbocycles. The number of halogens is 6. The lowest BCUT2D eigenvalue weighted by molar-refractivity contribution is 0.156. The van der Waals surface area contributed by atoms with Crippen LogP contribution < -0.4 is 0 Å². The minimum atomic E-state index is -2.19. The minimum absolute atomic E-state index is 0.417. The molecule has 0 aliphatic rings. The lowest BCUT2D eigenvalue weighted by Crippen LogP contribution is -2.08. The fourth-order valence-electron chi connectivity index (χ4n) is 0.918. The van der Waals surface area contributed by atoms with Gasteiger partial charge in [0.05, 0.1) is 12.2 Å². The largest absolute Gasteiger partial charge is 0.361 e. The summed E-state index contributed by atoms with van der Waals surface area (Å²) in [6.07, 6.45) is 0. The molecule has 0 atom stereocenters. The van der Waals surface area contributed by atoms with Crippen LogP contribution in [-0.4, -0.2) is 6.07 Å². The van der Waals surface area contributed by atoms with Gasteiger partial charge < -0.3 is 4.74 Å². The van der Waals surface area contributed by atoms with Crippen molar-refractivity contribution in [3.8, 4) is 0 Å². The van der Waals surface area contributed by atoms with Gasteiger partial charge in [0, 0.05) is 0 Å². The van der Waals surface area contributed by atoms with Gasteiger partial charge in [-0.25, -0.2) is 22.0 Å². The van der Waals surface area contributed by atoms with Crippen molar-refractivity contribution in [1.29, 1.82) is 0 Å². The van der Waals surface area contributed by atoms with Crippen LogP contribution in [0.2, 0.25) is 0 Å². The molecule has 0 unspecified atom stereocenters. The molecule has 0 aliphatic carbocycles. The number of hydrogen-bond donors (Lipinski definition) is 0. The second-order valence-electron chi connectivity index (χ2n) is 2.51. The molecular formula is C8H4ClF5O. The van der Waals surface area contributed by atoms with Crippen LogP contribution in [0.15, 0.2) is 0 Å². The van der Waals surface area contributed by atoms with Gasteiger partial charge in [-0.05, 0) is 0 Å². The average molecular weight is 247 g/mol. The van der Waals surface area contributed by atoms with Crippen LogP contribution in [0.5, 0.6) is 0 Å². The summed E-state index contributed by atoms with van der Waals surface area (Å²) in [5, 5.41) is 0. The molecule has 0 fully saturated rings. The summed E-state index contributed by atoms with van der Waals surface area (Å²) in [5.74, 6) is -10.0. The monoisotopic (exact) mass is 246 g/mol. The highest BCUT2D eigenvalue weighted by molar-refractivity contribution is 6.17. The molecule has 84 valence electrons. The van der Waals surface area contributed by atoms with Crippen molar-refractivity contribution >= 4 is 11.6 Å². The summed E-state index contributed by atoms with van der Waals surface area (Å²) < 4.78 is 67.8. The molecule has 1 nitrogen and oxygen atoms in total. The first kappa shape index (κ1) is 12.2. The average Bonchev–Trinajstić information content (AvgIpc) is 2.24. The zero-order valence-electron chi connectivity index (χ0n) is 7.09. The van der Waals surface area contributed by atoms with Crippen LogP contribution in [0.4, 0.5) is 22.0 Å². The van der Waals surface area contributed by atoms with Crippen molar-refractivity contribution in [2.45, 2.75) is 6.61 Å². The highest BCUT2D eigenvalue weighted by Gasteiger charge is 2.25. The number of rotatable bonds is 3. The van der Waals surface area contributed by atoms with Crippen LogP contribution in [0, 0.1) is 29.1 Å². The molecule has 0 aromatic heterocycles. The smallest absolute Gasteiger partial charge is 0.200 e. The highest BCUT2D eigenvalue weighted by atomic mass is 35.5. The molecule has 0 amide bonds. The third kappa shape index (κ3) is 2.21. The fourth-order valence-corrected chi connectivity index (χ4v) is 0.995. The van der Waals surface area contributed by atoms with Crippen molar-refractivity contribution < 1.29 is 26.7 Å². The van der Waals surface area contributed by atoms with Gasteiger partial charge in [0.15, 0.2) is 23.3 Å². The van der Waals surface area contributed by atoms with E-state index in [1.807, 2.05) is 0 Å². The van der Waals surface area contributed by atoms with Crippen LogP contribution in [0.1, 0.15) is 5.56 Å². The van der Waals surface area contributed by atoms with E-state index in [0.717, 1.165) is 0 Å². The molecule has 1 rings (SSSR count). The van der Waals surface area contributed by atoms with E-state index in [1.54, 1.807) is 0 Å². The quantitative estimate of drug-likeness (QED) is 0.345. The lowest BCUT2D eigenvalue weighted by atomic mass is 10.2. The van der Waals surface area contributed by atoms with E-state index < -0.39 is 47.3 Å². The summed E-state index contributed by atoms with van der Waals surface area (Å²) in [7, 11) is 0. The number of hydrogen-bond acceptors (Lipinski definition) is 1. The Morgan fingerprint density at radius 1 is 0.800 bits per heavy atom. The molecule has 0 N–H and O–H groups in total. The third-order valence-corrected chi connectivity index (χ3v) is 1.78. The van der Waals surface area contributed by atoms with Crippen LogP contribution in [-0.2, 0) is 11.3 Å². The van der Waals surface area contributed by atoms with Crippen LogP contribution >= 0.6 is 11.6 Å². The number of ether oxygens (including phenoxy) is 1. The molecule has 7 heteroatoms. The molecule has 1 aromatic rings. The molecule has 0 bridgehead atoms. The van der Waals surface area contributed by atoms with Crippen molar-refractivity contribution in [2.75, 3.05) is 6.07 Å². The van der Waals surface area contributed by atoms with Gasteiger partial charge >= 0.3 is 0 Å². The molecule has 0 radical (unpaired) electrons. The van der Waals surface area contributed by atoms with E-state index in [4.69, 9.17) is 11.6 Å². The van der Waals surface area contributed by atoms with Crippen molar-refractivity contribution in [3.63, 3.8) is 0 Å². The Bertz CT molecular complexity index is 353. The van der Waals surface area contributed by atoms with Crippen LogP contribution in [0.25, 0.3) is 0 Å². The van der Waals surface area contributed by atoms with Gasteiger partial charge in [0.25, 0.3) is 0 Å². The van der Waals surface area contributed by atoms with Crippen molar-refractivity contribution in [2.24, 2.45) is 0 Å². The molecule has 0 heterocycles. The summed E-state index contributed by atoms with van der Waals surface area (Å²) in [6.45, 7) is -0.782. The van der Waals surface area contributed by atoms with E-state index in [1.165, 1.54) is 0 Å². The predicted molar refractivity (Wildman–Crippen MR) is 41.7 cm³/mol. The molecule has 0 aliphatic heterocycles. The third-order valence-electron chi connectivity index (χ3n) is 1.62. The van der Waals surface area contributed by atoms with Gasteiger partial charge in [-0.3, -0.25) is 0 Å². The Hall–Kier alpha value is -0.880. The molecule has 0 spiro atoms. The minimum Gasteiger partial charge on any atom is -0.361 e. The topological polar surface area (TPSA) is 9.23 Å². The Kier molecular flexibility index (Phi) is 3.87. The molecule has 15 heavy (non-hydrogen) atoms. The van der Waals surface area contributed by atoms with E-state index in [-0.39, 0.29) is 0 Å². The first-order valence-corrected chi connectivity index (χ1v) is 4.18.